The average molecular weight is 240 g/mol. The van der Waals surface area contributed by atoms with E-state index in [1.54, 1.807) is 30.3 Å². The minimum absolute atomic E-state index is 0.375. The molecule has 2 rings (SSSR count). The lowest BCUT2D eigenvalue weighted by atomic mass is 10.1. The van der Waals surface area contributed by atoms with Crippen LogP contribution in [0.5, 0.6) is 6.01 Å². The number of hydrogen-bond donors (Lipinski definition) is 0. The molecule has 0 N–H and O–H groups in total. The van der Waals surface area contributed by atoms with Gasteiger partial charge in [-0.2, -0.15) is 4.98 Å². The molecule has 3 nitrogen and oxygen atoms in total. The lowest BCUT2D eigenvalue weighted by molar-refractivity contribution is -0.277. The van der Waals surface area contributed by atoms with E-state index in [0.717, 1.165) is 0 Å². The van der Waals surface area contributed by atoms with Crippen LogP contribution in [0.4, 0.5) is 13.2 Å². The van der Waals surface area contributed by atoms with Crippen molar-refractivity contribution in [1.82, 2.24) is 9.97 Å². The zero-order valence-electron chi connectivity index (χ0n) is 8.48. The quantitative estimate of drug-likeness (QED) is 0.809. The first kappa shape index (κ1) is 11.4. The van der Waals surface area contributed by atoms with Crippen LogP contribution in [0, 0.1) is 0 Å². The Morgan fingerprint density at radius 1 is 1.00 bits per heavy atom. The fraction of sp³-hybridized carbons (Fsp3) is 0.0909. The number of halogens is 3. The minimum atomic E-state index is -4.78. The Bertz CT molecular complexity index is 500. The van der Waals surface area contributed by atoms with Gasteiger partial charge in [0.15, 0.2) is 0 Å². The molecule has 0 saturated carbocycles. The standard InChI is InChI=1S/C11H7F3N2O/c12-11(13,14)17-10-15-7-6-9(16-10)8-4-2-1-3-5-8/h1-7H. The highest BCUT2D eigenvalue weighted by molar-refractivity contribution is 5.58. The van der Waals surface area contributed by atoms with Gasteiger partial charge in [-0.3, -0.25) is 0 Å². The number of benzene rings is 1. The molecule has 1 aromatic carbocycles. The van der Waals surface area contributed by atoms with E-state index in [0.29, 0.717) is 11.3 Å². The summed E-state index contributed by atoms with van der Waals surface area (Å²) in [6.07, 6.45) is -3.56. The average Bonchev–Trinajstić information content (AvgIpc) is 2.28. The van der Waals surface area contributed by atoms with Crippen LogP contribution in [-0.2, 0) is 0 Å². The Kier molecular flexibility index (Phi) is 2.95. The Labute approximate surface area is 94.9 Å². The molecule has 6 heteroatoms. The Morgan fingerprint density at radius 2 is 1.71 bits per heavy atom. The fourth-order valence-electron chi connectivity index (χ4n) is 1.26. The third-order valence-electron chi connectivity index (χ3n) is 1.91. The van der Waals surface area contributed by atoms with Crippen molar-refractivity contribution in [3.8, 4) is 17.3 Å². The Balaban J connectivity index is 2.29. The maximum atomic E-state index is 12.0. The molecular formula is C11H7F3N2O. The molecule has 0 unspecified atom stereocenters. The molecule has 0 radical (unpaired) electrons. The summed E-state index contributed by atoms with van der Waals surface area (Å²) in [7, 11) is 0. The van der Waals surface area contributed by atoms with Crippen LogP contribution >= 0.6 is 0 Å². The van der Waals surface area contributed by atoms with Crippen molar-refractivity contribution in [3.05, 3.63) is 42.6 Å². The van der Waals surface area contributed by atoms with E-state index in [4.69, 9.17) is 0 Å². The van der Waals surface area contributed by atoms with Crippen LogP contribution in [-0.4, -0.2) is 16.3 Å². The highest BCUT2D eigenvalue weighted by atomic mass is 19.4. The van der Waals surface area contributed by atoms with Crippen LogP contribution < -0.4 is 4.74 Å². The van der Waals surface area contributed by atoms with E-state index in [9.17, 15) is 13.2 Å². The van der Waals surface area contributed by atoms with Gasteiger partial charge in [-0.15, -0.1) is 13.2 Å². The van der Waals surface area contributed by atoms with Crippen molar-refractivity contribution < 1.29 is 17.9 Å². The molecule has 1 aromatic heterocycles. The van der Waals surface area contributed by atoms with Gasteiger partial charge in [0, 0.05) is 11.8 Å². The van der Waals surface area contributed by atoms with Crippen molar-refractivity contribution in [3.63, 3.8) is 0 Å². The summed E-state index contributed by atoms with van der Waals surface area (Å²) in [5.74, 6) is 0. The lowest BCUT2D eigenvalue weighted by Gasteiger charge is -2.07. The second-order valence-electron chi connectivity index (χ2n) is 3.14. The smallest absolute Gasteiger partial charge is 0.371 e. The van der Waals surface area contributed by atoms with Gasteiger partial charge in [-0.25, -0.2) is 4.98 Å². The maximum Gasteiger partial charge on any atom is 0.575 e. The van der Waals surface area contributed by atoms with E-state index in [2.05, 4.69) is 14.7 Å². The molecule has 0 aliphatic carbocycles. The van der Waals surface area contributed by atoms with E-state index < -0.39 is 12.4 Å². The van der Waals surface area contributed by atoms with Crippen LogP contribution in [0.3, 0.4) is 0 Å². The van der Waals surface area contributed by atoms with Crippen molar-refractivity contribution in [1.29, 1.82) is 0 Å². The molecule has 0 atom stereocenters. The fourth-order valence-corrected chi connectivity index (χ4v) is 1.26. The monoisotopic (exact) mass is 240 g/mol. The van der Waals surface area contributed by atoms with Gasteiger partial charge in [0.1, 0.15) is 0 Å². The summed E-state index contributed by atoms with van der Waals surface area (Å²) in [6, 6.07) is 9.61. The van der Waals surface area contributed by atoms with Gasteiger partial charge in [0.05, 0.1) is 5.69 Å². The zero-order valence-corrected chi connectivity index (χ0v) is 8.48. The van der Waals surface area contributed by atoms with Gasteiger partial charge in [-0.05, 0) is 6.07 Å². The number of aromatic nitrogens is 2. The summed E-state index contributed by atoms with van der Waals surface area (Å²) >= 11 is 0. The van der Waals surface area contributed by atoms with Crippen LogP contribution in [0.2, 0.25) is 0 Å². The first-order valence-electron chi connectivity index (χ1n) is 4.69. The van der Waals surface area contributed by atoms with Crippen molar-refractivity contribution >= 4 is 0 Å². The van der Waals surface area contributed by atoms with E-state index in [-0.39, 0.29) is 0 Å². The van der Waals surface area contributed by atoms with E-state index in [1.807, 2.05) is 0 Å². The third-order valence-corrected chi connectivity index (χ3v) is 1.91. The minimum Gasteiger partial charge on any atom is -0.371 e. The molecule has 0 amide bonds. The molecule has 0 aliphatic rings. The maximum absolute atomic E-state index is 12.0. The highest BCUT2D eigenvalue weighted by Crippen LogP contribution is 2.22. The van der Waals surface area contributed by atoms with Crippen LogP contribution in [0.1, 0.15) is 0 Å². The van der Waals surface area contributed by atoms with Gasteiger partial charge in [0.25, 0.3) is 0 Å². The first-order chi connectivity index (χ1) is 8.04. The number of ether oxygens (including phenoxy) is 1. The summed E-state index contributed by atoms with van der Waals surface area (Å²) in [5, 5.41) is 0. The third kappa shape index (κ3) is 3.17. The SMILES string of the molecule is FC(F)(F)Oc1nccc(-c2ccccc2)n1. The van der Waals surface area contributed by atoms with E-state index in [1.165, 1.54) is 12.3 Å². The van der Waals surface area contributed by atoms with Crippen molar-refractivity contribution in [2.75, 3.05) is 0 Å². The molecule has 2 aromatic rings. The van der Waals surface area contributed by atoms with Crippen LogP contribution in [0.25, 0.3) is 11.3 Å². The summed E-state index contributed by atoms with van der Waals surface area (Å²) < 4.78 is 39.6. The molecule has 0 fully saturated rings. The predicted octanol–water partition coefficient (Wildman–Crippen LogP) is 3.04. The largest absolute Gasteiger partial charge is 0.575 e. The van der Waals surface area contributed by atoms with Gasteiger partial charge in [0.2, 0.25) is 0 Å². The predicted molar refractivity (Wildman–Crippen MR) is 54.2 cm³/mol. The lowest BCUT2D eigenvalue weighted by Crippen LogP contribution is -2.18. The second kappa shape index (κ2) is 4.40. The molecule has 1 heterocycles. The number of alkyl halides is 3. The van der Waals surface area contributed by atoms with Gasteiger partial charge < -0.3 is 4.74 Å². The number of rotatable bonds is 2. The number of hydrogen-bond acceptors (Lipinski definition) is 3. The number of nitrogens with zero attached hydrogens (tertiary/aromatic N) is 2. The Hall–Kier alpha value is -2.11. The van der Waals surface area contributed by atoms with Gasteiger partial charge >= 0.3 is 12.4 Å². The molecule has 88 valence electrons. The summed E-state index contributed by atoms with van der Waals surface area (Å²) in [5.41, 5.74) is 1.07. The molecule has 0 spiro atoms. The molecular weight excluding hydrogens is 233 g/mol. The summed E-state index contributed by atoms with van der Waals surface area (Å²) in [6.45, 7) is 0. The van der Waals surface area contributed by atoms with Crippen molar-refractivity contribution in [2.45, 2.75) is 6.36 Å². The Morgan fingerprint density at radius 3 is 2.35 bits per heavy atom. The normalized spacial score (nSPS) is 11.2. The van der Waals surface area contributed by atoms with Crippen LogP contribution in [0.15, 0.2) is 42.6 Å². The molecule has 0 saturated heterocycles. The second-order valence-corrected chi connectivity index (χ2v) is 3.14. The molecule has 17 heavy (non-hydrogen) atoms. The zero-order chi connectivity index (χ0) is 12.3. The molecule has 0 bridgehead atoms. The highest BCUT2D eigenvalue weighted by Gasteiger charge is 2.32. The molecule has 0 aliphatic heterocycles. The van der Waals surface area contributed by atoms with Crippen molar-refractivity contribution in [2.24, 2.45) is 0 Å². The van der Waals surface area contributed by atoms with Gasteiger partial charge in [-0.1, -0.05) is 30.3 Å². The topological polar surface area (TPSA) is 35.0 Å². The van der Waals surface area contributed by atoms with E-state index >= 15 is 0 Å². The summed E-state index contributed by atoms with van der Waals surface area (Å²) in [4.78, 5) is 7.07. The first-order valence-corrected chi connectivity index (χ1v) is 4.69.